The third-order valence-electron chi connectivity index (χ3n) is 6.40. The lowest BCUT2D eigenvalue weighted by Gasteiger charge is -2.32. The van der Waals surface area contributed by atoms with Gasteiger partial charge in [0.1, 0.15) is 0 Å². The first-order valence-corrected chi connectivity index (χ1v) is 11.1. The summed E-state index contributed by atoms with van der Waals surface area (Å²) in [6, 6.07) is 7.85. The highest BCUT2D eigenvalue weighted by atomic mass is 16.2. The minimum atomic E-state index is -0.370. The summed E-state index contributed by atoms with van der Waals surface area (Å²) < 4.78 is 4.37. The Labute approximate surface area is 186 Å². The number of imidazole rings is 1. The average molecular weight is 439 g/mol. The molecule has 0 aliphatic carbocycles. The Morgan fingerprint density at radius 2 is 1.81 bits per heavy atom. The molecule has 0 radical (unpaired) electrons. The summed E-state index contributed by atoms with van der Waals surface area (Å²) in [6.45, 7) is 5.38. The highest BCUT2D eigenvalue weighted by molar-refractivity contribution is 5.95. The van der Waals surface area contributed by atoms with Crippen LogP contribution in [0.5, 0.6) is 0 Å². The van der Waals surface area contributed by atoms with Crippen molar-refractivity contribution < 1.29 is 4.79 Å². The van der Waals surface area contributed by atoms with Gasteiger partial charge in [0.25, 0.3) is 11.5 Å². The number of piperidine rings is 1. The molecule has 4 rings (SSSR count). The van der Waals surface area contributed by atoms with Crippen molar-refractivity contribution in [2.24, 2.45) is 14.1 Å². The van der Waals surface area contributed by atoms with Crippen molar-refractivity contribution in [1.82, 2.24) is 28.9 Å². The van der Waals surface area contributed by atoms with E-state index >= 15 is 0 Å². The molecule has 0 saturated carbocycles. The van der Waals surface area contributed by atoms with Crippen LogP contribution in [0.3, 0.4) is 0 Å². The molecule has 3 aromatic rings. The van der Waals surface area contributed by atoms with Gasteiger partial charge in [-0.1, -0.05) is 18.2 Å². The van der Waals surface area contributed by atoms with E-state index in [1.807, 2.05) is 35.8 Å². The largest absolute Gasteiger partial charge is 0.349 e. The first-order valence-electron chi connectivity index (χ1n) is 11.1. The number of carbonyl (C=O) groups excluding carboxylic acids is 1. The number of nitrogens with zero attached hydrogens (tertiary/aromatic N) is 5. The lowest BCUT2D eigenvalue weighted by Crippen LogP contribution is -2.45. The van der Waals surface area contributed by atoms with Crippen molar-refractivity contribution in [3.05, 3.63) is 62.6 Å². The predicted molar refractivity (Wildman–Crippen MR) is 123 cm³/mol. The van der Waals surface area contributed by atoms with E-state index in [1.165, 1.54) is 11.6 Å². The number of amides is 1. The standard InChI is InChI=1S/C23H30N6O3/c1-16-7-4-5-8-18(16)21(30)25-17-9-13-28(14-10-17)11-6-12-29-15-24-20-19(29)22(31)27(3)23(32)26(20)2/h4-5,7-8,15,17H,6,9-14H2,1-3H3,(H,25,30). The van der Waals surface area contributed by atoms with Gasteiger partial charge in [-0.05, 0) is 44.4 Å². The van der Waals surface area contributed by atoms with E-state index in [-0.39, 0.29) is 23.2 Å². The minimum Gasteiger partial charge on any atom is -0.349 e. The molecule has 1 saturated heterocycles. The predicted octanol–water partition coefficient (Wildman–Crippen LogP) is 1.03. The second kappa shape index (κ2) is 9.12. The van der Waals surface area contributed by atoms with Crippen LogP contribution < -0.4 is 16.6 Å². The Hall–Kier alpha value is -3.20. The molecule has 1 aliphatic heterocycles. The van der Waals surface area contributed by atoms with Gasteiger partial charge in [-0.3, -0.25) is 18.7 Å². The number of rotatable bonds is 6. The van der Waals surface area contributed by atoms with Crippen molar-refractivity contribution >= 4 is 17.1 Å². The fourth-order valence-corrected chi connectivity index (χ4v) is 4.42. The van der Waals surface area contributed by atoms with Crippen LogP contribution >= 0.6 is 0 Å². The number of hydrogen-bond donors (Lipinski definition) is 1. The molecule has 0 spiro atoms. The van der Waals surface area contributed by atoms with Crippen LogP contribution in [-0.4, -0.2) is 55.2 Å². The minimum absolute atomic E-state index is 0.00418. The van der Waals surface area contributed by atoms with Gasteiger partial charge >= 0.3 is 5.69 Å². The molecule has 32 heavy (non-hydrogen) atoms. The Morgan fingerprint density at radius 3 is 2.53 bits per heavy atom. The van der Waals surface area contributed by atoms with E-state index in [2.05, 4.69) is 15.2 Å². The summed E-state index contributed by atoms with van der Waals surface area (Å²) in [7, 11) is 3.12. The maximum Gasteiger partial charge on any atom is 0.332 e. The lowest BCUT2D eigenvalue weighted by molar-refractivity contribution is 0.0910. The molecule has 2 aromatic heterocycles. The van der Waals surface area contributed by atoms with E-state index < -0.39 is 0 Å². The summed E-state index contributed by atoms with van der Waals surface area (Å²) >= 11 is 0. The molecule has 1 fully saturated rings. The topological polar surface area (TPSA) is 94.2 Å². The number of likely N-dealkylation sites (tertiary alicyclic amines) is 1. The maximum absolute atomic E-state index is 12.5. The fraction of sp³-hybridized carbons (Fsp3) is 0.478. The molecule has 1 N–H and O–H groups in total. The summed E-state index contributed by atoms with van der Waals surface area (Å²) in [5, 5.41) is 3.17. The zero-order valence-electron chi connectivity index (χ0n) is 18.9. The third kappa shape index (κ3) is 4.25. The van der Waals surface area contributed by atoms with Gasteiger partial charge in [0.05, 0.1) is 6.33 Å². The Balaban J connectivity index is 1.29. The van der Waals surface area contributed by atoms with Gasteiger partial charge in [0.2, 0.25) is 0 Å². The molecular formula is C23H30N6O3. The summed E-state index contributed by atoms with van der Waals surface area (Å²) in [5.74, 6) is 0.00418. The first kappa shape index (κ1) is 22.0. The zero-order valence-corrected chi connectivity index (χ0v) is 18.9. The molecule has 0 bridgehead atoms. The number of hydrogen-bond acceptors (Lipinski definition) is 5. The molecular weight excluding hydrogens is 408 g/mol. The summed E-state index contributed by atoms with van der Waals surface area (Å²) in [5.41, 5.74) is 1.93. The van der Waals surface area contributed by atoms with Crippen molar-refractivity contribution in [1.29, 1.82) is 0 Å². The van der Waals surface area contributed by atoms with E-state index in [1.54, 1.807) is 13.4 Å². The van der Waals surface area contributed by atoms with Crippen molar-refractivity contribution in [2.75, 3.05) is 19.6 Å². The van der Waals surface area contributed by atoms with Crippen LogP contribution in [0.25, 0.3) is 11.2 Å². The quantitative estimate of drug-likeness (QED) is 0.620. The maximum atomic E-state index is 12.5. The first-order chi connectivity index (χ1) is 15.4. The number of fused-ring (bicyclic) bond motifs is 1. The van der Waals surface area contributed by atoms with Crippen LogP contribution in [0.1, 0.15) is 35.2 Å². The Bertz CT molecular complexity index is 1250. The van der Waals surface area contributed by atoms with Gasteiger partial charge in [-0.15, -0.1) is 0 Å². The highest BCUT2D eigenvalue weighted by Crippen LogP contribution is 2.14. The molecule has 170 valence electrons. The van der Waals surface area contributed by atoms with Gasteiger partial charge in [-0.2, -0.15) is 0 Å². The number of aromatic nitrogens is 4. The van der Waals surface area contributed by atoms with Crippen LogP contribution in [0, 0.1) is 6.92 Å². The molecule has 3 heterocycles. The summed E-state index contributed by atoms with van der Waals surface area (Å²) in [4.78, 5) is 43.8. The van der Waals surface area contributed by atoms with E-state index in [0.29, 0.717) is 17.7 Å². The SMILES string of the molecule is Cc1ccccc1C(=O)NC1CCN(CCCn2cnc3c2c(=O)n(C)c(=O)n3C)CC1. The summed E-state index contributed by atoms with van der Waals surface area (Å²) in [6.07, 6.45) is 4.36. The number of aryl methyl sites for hydroxylation is 3. The van der Waals surface area contributed by atoms with Crippen molar-refractivity contribution in [2.45, 2.75) is 38.8 Å². The zero-order chi connectivity index (χ0) is 22.8. The van der Waals surface area contributed by atoms with Crippen LogP contribution in [0.2, 0.25) is 0 Å². The van der Waals surface area contributed by atoms with Gasteiger partial charge < -0.3 is 14.8 Å². The number of carbonyl (C=O) groups is 1. The average Bonchev–Trinajstić information content (AvgIpc) is 3.22. The third-order valence-corrected chi connectivity index (χ3v) is 6.40. The van der Waals surface area contributed by atoms with E-state index in [0.717, 1.165) is 54.6 Å². The van der Waals surface area contributed by atoms with Crippen LogP contribution in [-0.2, 0) is 20.6 Å². The molecule has 1 amide bonds. The Kier molecular flexibility index (Phi) is 6.27. The monoisotopic (exact) mass is 438 g/mol. The van der Waals surface area contributed by atoms with Crippen molar-refractivity contribution in [3.63, 3.8) is 0 Å². The molecule has 9 nitrogen and oxygen atoms in total. The van der Waals surface area contributed by atoms with Crippen LogP contribution in [0.15, 0.2) is 40.2 Å². The fourth-order valence-electron chi connectivity index (χ4n) is 4.42. The molecule has 0 unspecified atom stereocenters. The van der Waals surface area contributed by atoms with Crippen molar-refractivity contribution in [3.8, 4) is 0 Å². The van der Waals surface area contributed by atoms with Gasteiger partial charge in [0.15, 0.2) is 11.2 Å². The van der Waals surface area contributed by atoms with Crippen LogP contribution in [0.4, 0.5) is 0 Å². The lowest BCUT2D eigenvalue weighted by atomic mass is 10.0. The molecule has 1 aromatic carbocycles. The molecule has 9 heteroatoms. The van der Waals surface area contributed by atoms with E-state index in [9.17, 15) is 14.4 Å². The number of benzene rings is 1. The van der Waals surface area contributed by atoms with Gasteiger partial charge in [0, 0.05) is 45.3 Å². The molecule has 0 atom stereocenters. The molecule has 1 aliphatic rings. The second-order valence-electron chi connectivity index (χ2n) is 8.57. The number of nitrogens with one attached hydrogen (secondary N) is 1. The van der Waals surface area contributed by atoms with E-state index in [4.69, 9.17) is 0 Å². The second-order valence-corrected chi connectivity index (χ2v) is 8.57. The van der Waals surface area contributed by atoms with Gasteiger partial charge in [-0.25, -0.2) is 9.78 Å². The Morgan fingerprint density at radius 1 is 1.09 bits per heavy atom. The smallest absolute Gasteiger partial charge is 0.332 e. The highest BCUT2D eigenvalue weighted by Gasteiger charge is 2.21. The normalized spacial score (nSPS) is 15.3.